The van der Waals surface area contributed by atoms with Crippen molar-refractivity contribution < 1.29 is 9.32 Å². The van der Waals surface area contributed by atoms with Crippen LogP contribution in [0.25, 0.3) is 11.4 Å². The predicted octanol–water partition coefficient (Wildman–Crippen LogP) is 3.55. The summed E-state index contributed by atoms with van der Waals surface area (Å²) in [5.74, 6) is 0.838. The zero-order valence-electron chi connectivity index (χ0n) is 13.9. The number of aromatic nitrogens is 4. The van der Waals surface area contributed by atoms with Crippen molar-refractivity contribution in [2.45, 2.75) is 24.3 Å². The first kappa shape index (κ1) is 17.5. The highest BCUT2D eigenvalue weighted by molar-refractivity contribution is 8.00. The Morgan fingerprint density at radius 2 is 2.04 bits per heavy atom. The van der Waals surface area contributed by atoms with Gasteiger partial charge in [0, 0.05) is 23.7 Å². The van der Waals surface area contributed by atoms with Crippen molar-refractivity contribution in [1.82, 2.24) is 19.9 Å². The Morgan fingerprint density at radius 1 is 1.32 bits per heavy atom. The topological polar surface area (TPSA) is 85.8 Å². The molecule has 9 heteroatoms. The van der Waals surface area contributed by atoms with Gasteiger partial charge in [-0.3, -0.25) is 10.1 Å². The van der Waals surface area contributed by atoms with Gasteiger partial charge in [0.25, 0.3) is 0 Å². The number of carbonyl (C=O) groups excluding carboxylic acids is 1. The third kappa shape index (κ3) is 4.02. The van der Waals surface area contributed by atoms with Crippen molar-refractivity contribution in [2.24, 2.45) is 7.05 Å². The molecule has 0 fully saturated rings. The van der Waals surface area contributed by atoms with Crippen molar-refractivity contribution in [3.8, 4) is 11.4 Å². The van der Waals surface area contributed by atoms with E-state index in [0.717, 1.165) is 5.56 Å². The van der Waals surface area contributed by atoms with Gasteiger partial charge in [-0.25, -0.2) is 0 Å². The molecule has 2 aromatic heterocycles. The van der Waals surface area contributed by atoms with Crippen LogP contribution in [0, 0.1) is 6.92 Å². The molecular weight excluding hydrogens is 362 g/mol. The molecule has 0 aliphatic rings. The van der Waals surface area contributed by atoms with E-state index in [1.54, 1.807) is 32.0 Å². The fourth-order valence-corrected chi connectivity index (χ4v) is 3.07. The summed E-state index contributed by atoms with van der Waals surface area (Å²) in [6, 6.07) is 9.02. The van der Waals surface area contributed by atoms with Crippen LogP contribution in [-0.2, 0) is 11.8 Å². The van der Waals surface area contributed by atoms with Crippen molar-refractivity contribution in [3.05, 3.63) is 41.0 Å². The van der Waals surface area contributed by atoms with E-state index in [2.05, 4.69) is 20.7 Å². The summed E-state index contributed by atoms with van der Waals surface area (Å²) in [6.45, 7) is 3.58. The predicted molar refractivity (Wildman–Crippen MR) is 96.6 cm³/mol. The van der Waals surface area contributed by atoms with E-state index in [4.69, 9.17) is 16.1 Å². The lowest BCUT2D eigenvalue weighted by Crippen LogP contribution is -2.22. The molecule has 0 spiro atoms. The standard InChI is InChI=1S/C16H16ClN5O2S/c1-9-8-13(24-21-9)18-15(23)10(2)25-16-20-19-14(22(16)3)11-4-6-12(17)7-5-11/h4-8,10H,1-3H3,(H,18,23). The highest BCUT2D eigenvalue weighted by atomic mass is 35.5. The molecule has 130 valence electrons. The minimum atomic E-state index is -0.383. The number of carbonyl (C=O) groups is 1. The Bertz CT molecular complexity index is 890. The highest BCUT2D eigenvalue weighted by Crippen LogP contribution is 2.27. The van der Waals surface area contributed by atoms with Crippen LogP contribution < -0.4 is 5.32 Å². The third-order valence-electron chi connectivity index (χ3n) is 3.46. The van der Waals surface area contributed by atoms with Gasteiger partial charge in [0.2, 0.25) is 11.8 Å². The summed E-state index contributed by atoms with van der Waals surface area (Å²) in [4.78, 5) is 12.3. The molecule has 2 heterocycles. The minimum Gasteiger partial charge on any atom is -0.338 e. The number of benzene rings is 1. The molecule has 0 saturated carbocycles. The Labute approximate surface area is 153 Å². The van der Waals surface area contributed by atoms with E-state index < -0.39 is 0 Å². The molecule has 3 rings (SSSR count). The van der Waals surface area contributed by atoms with Gasteiger partial charge < -0.3 is 9.09 Å². The van der Waals surface area contributed by atoms with Gasteiger partial charge in [-0.15, -0.1) is 10.2 Å². The first-order valence-corrected chi connectivity index (χ1v) is 8.76. The largest absolute Gasteiger partial charge is 0.338 e. The number of nitrogens with zero attached hydrogens (tertiary/aromatic N) is 4. The van der Waals surface area contributed by atoms with Crippen LogP contribution in [0.15, 0.2) is 40.0 Å². The summed E-state index contributed by atoms with van der Waals surface area (Å²) in [7, 11) is 1.86. The number of nitrogens with one attached hydrogen (secondary N) is 1. The SMILES string of the molecule is Cc1cc(NC(=O)C(C)Sc2nnc(-c3ccc(Cl)cc3)n2C)on1. The average Bonchev–Trinajstić information content (AvgIpc) is 3.15. The minimum absolute atomic E-state index is 0.197. The number of hydrogen-bond donors (Lipinski definition) is 1. The van der Waals surface area contributed by atoms with Crippen LogP contribution in [0.2, 0.25) is 5.02 Å². The molecule has 1 amide bonds. The van der Waals surface area contributed by atoms with E-state index in [-0.39, 0.29) is 11.2 Å². The van der Waals surface area contributed by atoms with Crippen molar-refractivity contribution in [3.63, 3.8) is 0 Å². The van der Waals surface area contributed by atoms with Crippen LogP contribution in [0.4, 0.5) is 5.88 Å². The Hall–Kier alpha value is -2.32. The number of aryl methyl sites for hydroxylation is 1. The van der Waals surface area contributed by atoms with E-state index in [0.29, 0.717) is 27.6 Å². The van der Waals surface area contributed by atoms with Gasteiger partial charge in [-0.05, 0) is 38.1 Å². The zero-order valence-corrected chi connectivity index (χ0v) is 15.4. The molecule has 0 aliphatic heterocycles. The van der Waals surface area contributed by atoms with Crippen LogP contribution in [0.1, 0.15) is 12.6 Å². The van der Waals surface area contributed by atoms with E-state index in [9.17, 15) is 4.79 Å². The maximum absolute atomic E-state index is 12.3. The second kappa shape index (κ2) is 7.28. The summed E-state index contributed by atoms with van der Waals surface area (Å²) in [5, 5.41) is 15.7. The molecule has 0 radical (unpaired) electrons. The molecule has 1 atom stereocenters. The smallest absolute Gasteiger partial charge is 0.240 e. The first-order valence-electron chi connectivity index (χ1n) is 7.50. The Morgan fingerprint density at radius 3 is 2.68 bits per heavy atom. The molecule has 0 bridgehead atoms. The molecule has 3 aromatic rings. The van der Waals surface area contributed by atoms with Gasteiger partial charge >= 0.3 is 0 Å². The van der Waals surface area contributed by atoms with Gasteiger partial charge in [0.1, 0.15) is 0 Å². The molecule has 1 unspecified atom stereocenters. The number of anilines is 1. The number of amides is 1. The van der Waals surface area contributed by atoms with Gasteiger partial charge in [0.05, 0.1) is 10.9 Å². The maximum Gasteiger partial charge on any atom is 0.240 e. The van der Waals surface area contributed by atoms with Crippen LogP contribution in [0.5, 0.6) is 0 Å². The van der Waals surface area contributed by atoms with Gasteiger partial charge in [-0.2, -0.15) is 0 Å². The second-order valence-corrected chi connectivity index (χ2v) is 7.20. The number of halogens is 1. The summed E-state index contributed by atoms with van der Waals surface area (Å²) in [6.07, 6.45) is 0. The van der Waals surface area contributed by atoms with Crippen molar-refractivity contribution in [2.75, 3.05) is 5.32 Å². The van der Waals surface area contributed by atoms with Crippen LogP contribution in [-0.4, -0.2) is 31.1 Å². The number of rotatable bonds is 5. The summed E-state index contributed by atoms with van der Waals surface area (Å²) in [5.41, 5.74) is 1.61. The van der Waals surface area contributed by atoms with Crippen molar-refractivity contribution in [1.29, 1.82) is 0 Å². The maximum atomic E-state index is 12.3. The Kier molecular flexibility index (Phi) is 5.10. The molecule has 25 heavy (non-hydrogen) atoms. The van der Waals surface area contributed by atoms with E-state index >= 15 is 0 Å². The summed E-state index contributed by atoms with van der Waals surface area (Å²) >= 11 is 7.22. The lowest BCUT2D eigenvalue weighted by Gasteiger charge is -2.10. The van der Waals surface area contributed by atoms with E-state index in [1.807, 2.05) is 23.7 Å². The number of hydrogen-bond acceptors (Lipinski definition) is 6. The lowest BCUT2D eigenvalue weighted by atomic mass is 10.2. The monoisotopic (exact) mass is 377 g/mol. The Balaban J connectivity index is 1.70. The highest BCUT2D eigenvalue weighted by Gasteiger charge is 2.20. The quantitative estimate of drug-likeness (QED) is 0.684. The molecule has 7 nitrogen and oxygen atoms in total. The van der Waals surface area contributed by atoms with Crippen LogP contribution >= 0.6 is 23.4 Å². The third-order valence-corrected chi connectivity index (χ3v) is 4.85. The summed E-state index contributed by atoms with van der Waals surface area (Å²) < 4.78 is 6.84. The van der Waals surface area contributed by atoms with Gasteiger partial charge in [0.15, 0.2) is 11.0 Å². The number of thioether (sulfide) groups is 1. The van der Waals surface area contributed by atoms with E-state index in [1.165, 1.54) is 11.8 Å². The normalized spacial score (nSPS) is 12.2. The second-order valence-electron chi connectivity index (χ2n) is 5.45. The van der Waals surface area contributed by atoms with Gasteiger partial charge in [-0.1, -0.05) is 28.5 Å². The molecule has 0 saturated heterocycles. The zero-order chi connectivity index (χ0) is 18.0. The fourth-order valence-electron chi connectivity index (χ4n) is 2.13. The lowest BCUT2D eigenvalue weighted by molar-refractivity contribution is -0.115. The molecule has 0 aliphatic carbocycles. The molecule has 1 aromatic carbocycles. The van der Waals surface area contributed by atoms with Crippen LogP contribution in [0.3, 0.4) is 0 Å². The molecular formula is C16H16ClN5O2S. The van der Waals surface area contributed by atoms with Crippen molar-refractivity contribution >= 4 is 35.2 Å². The first-order chi connectivity index (χ1) is 11.9. The molecule has 1 N–H and O–H groups in total. The average molecular weight is 378 g/mol. The fraction of sp³-hybridized carbons (Fsp3) is 0.250.